The maximum absolute atomic E-state index is 12.8. The zero-order chi connectivity index (χ0) is 21.6. The molecule has 0 unspecified atom stereocenters. The molecule has 0 spiro atoms. The van der Waals surface area contributed by atoms with E-state index in [-0.39, 0.29) is 11.8 Å². The normalized spacial score (nSPS) is 14.2. The van der Waals surface area contributed by atoms with E-state index in [4.69, 9.17) is 9.72 Å². The molecule has 1 fully saturated rings. The Balaban J connectivity index is 1.56. The van der Waals surface area contributed by atoms with Crippen LogP contribution in [0.5, 0.6) is 0 Å². The number of morpholine rings is 1. The number of ether oxygens (including phenoxy) is 1. The number of pyridine rings is 1. The van der Waals surface area contributed by atoms with Crippen LogP contribution in [-0.2, 0) is 16.1 Å². The molecule has 4 rings (SSSR count). The summed E-state index contributed by atoms with van der Waals surface area (Å²) in [5, 5.41) is 6.01. The Morgan fingerprint density at radius 3 is 2.65 bits per heavy atom. The van der Waals surface area contributed by atoms with Crippen LogP contribution in [0.4, 0.5) is 10.9 Å². The average Bonchev–Trinajstić information content (AvgIpc) is 3.17. The predicted octanol–water partition coefficient (Wildman–Crippen LogP) is 3.25. The second kappa shape index (κ2) is 9.78. The standard InChI is InChI=1S/C22H23N5O3S/c1-15(28)24-19-13-17(7-8-23-19)21(29)26-22-25-20(16-5-3-2-4-6-16)18(31-22)14-27-9-11-30-12-10-27/h2-8,13H,9-12,14H2,1H3,(H,23,24,28)(H,25,26,29). The highest BCUT2D eigenvalue weighted by molar-refractivity contribution is 7.16. The van der Waals surface area contributed by atoms with E-state index >= 15 is 0 Å². The fourth-order valence-electron chi connectivity index (χ4n) is 3.29. The van der Waals surface area contributed by atoms with Crippen molar-refractivity contribution in [2.24, 2.45) is 0 Å². The molecule has 0 atom stereocenters. The van der Waals surface area contributed by atoms with Gasteiger partial charge in [0, 0.05) is 48.8 Å². The number of nitrogens with zero attached hydrogens (tertiary/aromatic N) is 3. The topological polar surface area (TPSA) is 96.5 Å². The molecule has 1 saturated heterocycles. The van der Waals surface area contributed by atoms with E-state index in [0.29, 0.717) is 16.5 Å². The highest BCUT2D eigenvalue weighted by atomic mass is 32.1. The molecule has 0 bridgehead atoms. The molecule has 31 heavy (non-hydrogen) atoms. The Hall–Kier alpha value is -3.14. The number of rotatable bonds is 6. The van der Waals surface area contributed by atoms with E-state index in [2.05, 4.69) is 20.5 Å². The molecule has 2 N–H and O–H groups in total. The Bertz CT molecular complexity index is 1060. The number of anilines is 2. The van der Waals surface area contributed by atoms with E-state index in [0.717, 1.165) is 49.0 Å². The molecule has 1 aromatic carbocycles. The lowest BCUT2D eigenvalue weighted by molar-refractivity contribution is -0.114. The van der Waals surface area contributed by atoms with Crippen LogP contribution < -0.4 is 10.6 Å². The van der Waals surface area contributed by atoms with Gasteiger partial charge in [0.1, 0.15) is 5.82 Å². The van der Waals surface area contributed by atoms with Crippen LogP contribution in [0.1, 0.15) is 22.2 Å². The summed E-state index contributed by atoms with van der Waals surface area (Å²) in [4.78, 5) is 36.2. The summed E-state index contributed by atoms with van der Waals surface area (Å²) in [5.74, 6) is -0.220. The summed E-state index contributed by atoms with van der Waals surface area (Å²) in [6, 6.07) is 13.1. The lowest BCUT2D eigenvalue weighted by Gasteiger charge is -2.26. The first-order valence-electron chi connectivity index (χ1n) is 9.99. The Kier molecular flexibility index (Phi) is 6.66. The molecule has 8 nitrogen and oxygen atoms in total. The van der Waals surface area contributed by atoms with E-state index < -0.39 is 0 Å². The largest absolute Gasteiger partial charge is 0.379 e. The second-order valence-corrected chi connectivity index (χ2v) is 8.19. The second-order valence-electron chi connectivity index (χ2n) is 7.11. The van der Waals surface area contributed by atoms with Crippen LogP contribution in [0.3, 0.4) is 0 Å². The zero-order valence-electron chi connectivity index (χ0n) is 17.1. The van der Waals surface area contributed by atoms with Crippen molar-refractivity contribution in [3.05, 3.63) is 59.1 Å². The molecule has 2 aromatic heterocycles. The molecule has 3 aromatic rings. The van der Waals surface area contributed by atoms with Crippen LogP contribution in [0.25, 0.3) is 11.3 Å². The fraction of sp³-hybridized carbons (Fsp3) is 0.273. The maximum atomic E-state index is 12.8. The Morgan fingerprint density at radius 1 is 1.13 bits per heavy atom. The van der Waals surface area contributed by atoms with Crippen LogP contribution >= 0.6 is 11.3 Å². The Labute approximate surface area is 184 Å². The van der Waals surface area contributed by atoms with Crippen molar-refractivity contribution in [1.29, 1.82) is 0 Å². The molecule has 0 saturated carbocycles. The number of amides is 2. The third-order valence-electron chi connectivity index (χ3n) is 4.76. The van der Waals surface area contributed by atoms with Gasteiger partial charge in [-0.3, -0.25) is 19.8 Å². The lowest BCUT2D eigenvalue weighted by atomic mass is 10.1. The number of carbonyl (C=O) groups excluding carboxylic acids is 2. The van der Waals surface area contributed by atoms with Gasteiger partial charge >= 0.3 is 0 Å². The lowest BCUT2D eigenvalue weighted by Crippen LogP contribution is -2.35. The summed E-state index contributed by atoms with van der Waals surface area (Å²) < 4.78 is 5.45. The highest BCUT2D eigenvalue weighted by Crippen LogP contribution is 2.32. The number of benzene rings is 1. The van der Waals surface area contributed by atoms with Crippen molar-refractivity contribution in [1.82, 2.24) is 14.9 Å². The third kappa shape index (κ3) is 5.52. The molecular weight excluding hydrogens is 414 g/mol. The van der Waals surface area contributed by atoms with Crippen molar-refractivity contribution in [2.45, 2.75) is 13.5 Å². The number of hydrogen-bond donors (Lipinski definition) is 2. The highest BCUT2D eigenvalue weighted by Gasteiger charge is 2.19. The number of hydrogen-bond acceptors (Lipinski definition) is 7. The van der Waals surface area contributed by atoms with Crippen LogP contribution in [-0.4, -0.2) is 53.0 Å². The van der Waals surface area contributed by atoms with Crippen molar-refractivity contribution in [2.75, 3.05) is 36.9 Å². The zero-order valence-corrected chi connectivity index (χ0v) is 17.9. The van der Waals surface area contributed by atoms with E-state index in [1.54, 1.807) is 6.07 Å². The van der Waals surface area contributed by atoms with Gasteiger partial charge in [-0.15, -0.1) is 0 Å². The smallest absolute Gasteiger partial charge is 0.257 e. The monoisotopic (exact) mass is 437 g/mol. The SMILES string of the molecule is CC(=O)Nc1cc(C(=O)Nc2nc(-c3ccccc3)c(CN3CCOCC3)s2)ccn1. The van der Waals surface area contributed by atoms with Gasteiger partial charge in [0.15, 0.2) is 5.13 Å². The molecular formula is C22H23N5O3S. The number of thiazole rings is 1. The predicted molar refractivity (Wildman–Crippen MR) is 120 cm³/mol. The minimum atomic E-state index is -0.305. The number of nitrogens with one attached hydrogen (secondary N) is 2. The van der Waals surface area contributed by atoms with E-state index in [1.807, 2.05) is 30.3 Å². The van der Waals surface area contributed by atoms with E-state index in [9.17, 15) is 9.59 Å². The summed E-state index contributed by atoms with van der Waals surface area (Å²) in [6.07, 6.45) is 1.49. The van der Waals surface area contributed by atoms with Gasteiger partial charge in [0.2, 0.25) is 5.91 Å². The molecule has 0 aliphatic carbocycles. The average molecular weight is 438 g/mol. The van der Waals surface area contributed by atoms with Gasteiger partial charge in [-0.25, -0.2) is 9.97 Å². The summed E-state index contributed by atoms with van der Waals surface area (Å²) >= 11 is 1.47. The molecule has 2 amide bonds. The number of aromatic nitrogens is 2. The maximum Gasteiger partial charge on any atom is 0.257 e. The van der Waals surface area contributed by atoms with Gasteiger partial charge in [-0.2, -0.15) is 0 Å². The summed E-state index contributed by atoms with van der Waals surface area (Å²) in [5.41, 5.74) is 2.28. The van der Waals surface area contributed by atoms with Crippen molar-refractivity contribution < 1.29 is 14.3 Å². The molecule has 0 radical (unpaired) electrons. The quantitative estimate of drug-likeness (QED) is 0.615. The number of carbonyl (C=O) groups is 2. The molecule has 1 aliphatic heterocycles. The Morgan fingerprint density at radius 2 is 1.90 bits per heavy atom. The first kappa shape index (κ1) is 21.1. The van der Waals surface area contributed by atoms with Crippen molar-refractivity contribution >= 4 is 34.1 Å². The fourth-order valence-corrected chi connectivity index (χ4v) is 4.31. The van der Waals surface area contributed by atoms with Crippen LogP contribution in [0.15, 0.2) is 48.7 Å². The summed E-state index contributed by atoms with van der Waals surface area (Å²) in [7, 11) is 0. The van der Waals surface area contributed by atoms with Gasteiger partial charge in [0.05, 0.1) is 18.9 Å². The first-order chi connectivity index (χ1) is 15.1. The van der Waals surface area contributed by atoms with Gasteiger partial charge in [-0.05, 0) is 12.1 Å². The third-order valence-corrected chi connectivity index (χ3v) is 5.72. The molecule has 9 heteroatoms. The first-order valence-corrected chi connectivity index (χ1v) is 10.8. The van der Waals surface area contributed by atoms with Crippen LogP contribution in [0, 0.1) is 0 Å². The van der Waals surface area contributed by atoms with Gasteiger partial charge in [0.25, 0.3) is 5.91 Å². The summed E-state index contributed by atoms with van der Waals surface area (Å²) in [6.45, 7) is 5.34. The minimum absolute atomic E-state index is 0.245. The molecule has 160 valence electrons. The van der Waals surface area contributed by atoms with E-state index in [1.165, 1.54) is 30.5 Å². The van der Waals surface area contributed by atoms with Crippen molar-refractivity contribution in [3.8, 4) is 11.3 Å². The molecule has 3 heterocycles. The molecule has 1 aliphatic rings. The van der Waals surface area contributed by atoms with Crippen LogP contribution in [0.2, 0.25) is 0 Å². The van der Waals surface area contributed by atoms with Gasteiger partial charge in [-0.1, -0.05) is 41.7 Å². The van der Waals surface area contributed by atoms with Gasteiger partial charge < -0.3 is 10.1 Å². The van der Waals surface area contributed by atoms with Crippen molar-refractivity contribution in [3.63, 3.8) is 0 Å². The minimum Gasteiger partial charge on any atom is -0.379 e.